The lowest BCUT2D eigenvalue weighted by Gasteiger charge is -2.29. The van der Waals surface area contributed by atoms with E-state index < -0.39 is 6.10 Å². The average molecular weight is 521 g/mol. The molecule has 1 saturated heterocycles. The molecule has 2 N–H and O–H groups in total. The zero-order valence-electron chi connectivity index (χ0n) is 22.5. The molecule has 9 heteroatoms. The van der Waals surface area contributed by atoms with Crippen molar-refractivity contribution in [2.75, 3.05) is 26.4 Å². The minimum absolute atomic E-state index is 0.0828. The maximum atomic E-state index is 13.6. The Kier molecular flexibility index (Phi) is 7.40. The number of amides is 1. The summed E-state index contributed by atoms with van der Waals surface area (Å²) in [5, 5.41) is 21.6. The fraction of sp³-hybridized carbons (Fsp3) is 0.483. The van der Waals surface area contributed by atoms with Gasteiger partial charge in [-0.15, -0.1) is 5.10 Å². The van der Waals surface area contributed by atoms with E-state index in [1.54, 1.807) is 4.68 Å². The Balaban J connectivity index is 1.47. The Morgan fingerprint density at radius 2 is 2.03 bits per heavy atom. The van der Waals surface area contributed by atoms with E-state index in [-0.39, 0.29) is 24.0 Å². The van der Waals surface area contributed by atoms with Gasteiger partial charge in [-0.05, 0) is 29.0 Å². The van der Waals surface area contributed by atoms with Crippen LogP contribution in [0.3, 0.4) is 0 Å². The van der Waals surface area contributed by atoms with Gasteiger partial charge in [-0.3, -0.25) is 9.48 Å². The molecule has 2 aromatic carbocycles. The molecule has 2 aliphatic rings. The summed E-state index contributed by atoms with van der Waals surface area (Å²) in [5.74, 6) is 1.12. The van der Waals surface area contributed by atoms with Crippen molar-refractivity contribution in [3.63, 3.8) is 0 Å². The first-order valence-corrected chi connectivity index (χ1v) is 13.1. The van der Waals surface area contributed by atoms with Crippen LogP contribution in [-0.4, -0.2) is 64.6 Å². The summed E-state index contributed by atoms with van der Waals surface area (Å²) < 4.78 is 19.4. The molecule has 0 unspecified atom stereocenters. The van der Waals surface area contributed by atoms with Gasteiger partial charge in [0.15, 0.2) is 0 Å². The molecule has 2 atom stereocenters. The Hall–Kier alpha value is -3.43. The van der Waals surface area contributed by atoms with Gasteiger partial charge in [-0.25, -0.2) is 0 Å². The summed E-state index contributed by atoms with van der Waals surface area (Å²) in [6.45, 7) is 8.02. The van der Waals surface area contributed by atoms with Crippen LogP contribution in [-0.2, 0) is 24.6 Å². The molecule has 38 heavy (non-hydrogen) atoms. The molecule has 1 aromatic heterocycles. The summed E-state index contributed by atoms with van der Waals surface area (Å²) in [4.78, 5) is 13.6. The van der Waals surface area contributed by atoms with Crippen LogP contribution in [0.2, 0.25) is 0 Å². The van der Waals surface area contributed by atoms with Crippen molar-refractivity contribution in [2.45, 2.75) is 52.2 Å². The third-order valence-electron chi connectivity index (χ3n) is 6.79. The molecule has 0 radical (unpaired) electrons. The number of aryl methyl sites for hydroxylation is 1. The predicted molar refractivity (Wildman–Crippen MR) is 143 cm³/mol. The van der Waals surface area contributed by atoms with E-state index in [0.29, 0.717) is 50.4 Å². The van der Waals surface area contributed by atoms with Crippen LogP contribution in [0.1, 0.15) is 54.2 Å². The Morgan fingerprint density at radius 1 is 1.24 bits per heavy atom. The van der Waals surface area contributed by atoms with Gasteiger partial charge in [0.25, 0.3) is 5.91 Å². The first-order chi connectivity index (χ1) is 18.2. The molecule has 0 aliphatic carbocycles. The van der Waals surface area contributed by atoms with E-state index in [2.05, 4.69) is 48.5 Å². The highest BCUT2D eigenvalue weighted by atomic mass is 16.5. The highest BCUT2D eigenvalue weighted by Gasteiger charge is 2.31. The Bertz CT molecular complexity index is 1300. The van der Waals surface area contributed by atoms with Crippen molar-refractivity contribution in [3.8, 4) is 22.8 Å². The van der Waals surface area contributed by atoms with Crippen molar-refractivity contribution in [1.29, 1.82) is 0 Å². The number of carbonyl (C=O) groups excluding carboxylic acids is 1. The van der Waals surface area contributed by atoms with Crippen LogP contribution in [0, 0.1) is 5.41 Å². The summed E-state index contributed by atoms with van der Waals surface area (Å²) in [5.41, 5.74) is 5.15. The smallest absolute Gasteiger partial charge is 0.255 e. The molecular formula is C29H36N4O5. The molecule has 0 saturated carbocycles. The van der Waals surface area contributed by atoms with Crippen LogP contribution in [0.15, 0.2) is 36.5 Å². The first-order valence-electron chi connectivity index (χ1n) is 13.1. The molecule has 0 bridgehead atoms. The highest BCUT2D eigenvalue weighted by Crippen LogP contribution is 2.41. The van der Waals surface area contributed by atoms with Crippen LogP contribution in [0.5, 0.6) is 11.5 Å². The highest BCUT2D eigenvalue weighted by molar-refractivity contribution is 5.98. The van der Waals surface area contributed by atoms with Crippen molar-refractivity contribution in [1.82, 2.24) is 20.3 Å². The van der Waals surface area contributed by atoms with Gasteiger partial charge in [0.05, 0.1) is 43.7 Å². The van der Waals surface area contributed by atoms with Gasteiger partial charge in [0.1, 0.15) is 17.2 Å². The van der Waals surface area contributed by atoms with Gasteiger partial charge in [-0.2, -0.15) is 0 Å². The van der Waals surface area contributed by atoms with Crippen molar-refractivity contribution in [2.24, 2.45) is 12.5 Å². The van der Waals surface area contributed by atoms with E-state index >= 15 is 0 Å². The fourth-order valence-electron chi connectivity index (χ4n) is 4.81. The average Bonchev–Trinajstić information content (AvgIpc) is 3.54. The van der Waals surface area contributed by atoms with Crippen molar-refractivity contribution < 1.29 is 24.1 Å². The Labute approximate surface area is 223 Å². The van der Waals surface area contributed by atoms with Crippen LogP contribution in [0.25, 0.3) is 11.3 Å². The minimum atomic E-state index is -0.739. The summed E-state index contributed by atoms with van der Waals surface area (Å²) in [7, 11) is 1.84. The van der Waals surface area contributed by atoms with Crippen LogP contribution < -0.4 is 14.8 Å². The predicted octanol–water partition coefficient (Wildman–Crippen LogP) is 3.31. The van der Waals surface area contributed by atoms with Crippen molar-refractivity contribution >= 4 is 5.91 Å². The largest absolute Gasteiger partial charge is 0.493 e. The quantitative estimate of drug-likeness (QED) is 0.492. The maximum absolute atomic E-state index is 13.6. The number of carbonyl (C=O) groups is 1. The number of fused-ring (bicyclic) bond motifs is 1. The standard InChI is InChI=1S/C29H36N4O5/c1-29(2,3)17-38-27-21-9-12-37-26(21)20(14-22(27)28(35)30-23-10-11-36-16-25(23)34)13-18-5-7-19(8-6-18)24-15-33(4)32-31-24/h5-8,14-15,23,25,34H,9-13,16-17H2,1-4H3,(H,30,35)/t23-,25-/m0/s1. The maximum Gasteiger partial charge on any atom is 0.255 e. The lowest BCUT2D eigenvalue weighted by molar-refractivity contribution is -0.0261. The third-order valence-corrected chi connectivity index (χ3v) is 6.79. The zero-order valence-corrected chi connectivity index (χ0v) is 22.5. The van der Waals surface area contributed by atoms with Crippen molar-refractivity contribution in [3.05, 3.63) is 58.8 Å². The van der Waals surface area contributed by atoms with E-state index in [9.17, 15) is 9.90 Å². The molecule has 3 aromatic rings. The second kappa shape index (κ2) is 10.7. The second-order valence-corrected chi connectivity index (χ2v) is 11.3. The molecule has 1 fully saturated rings. The SMILES string of the molecule is Cn1cc(-c2ccc(Cc3cc(C(=O)N[C@H]4CCOC[C@@H]4O)c(OCC(C)(C)C)c4c3OCC4)cc2)nn1. The van der Waals surface area contributed by atoms with Gasteiger partial charge in [0, 0.05) is 37.6 Å². The normalized spacial score (nSPS) is 19.1. The molecule has 5 rings (SSSR count). The van der Waals surface area contributed by atoms with Gasteiger partial charge in [-0.1, -0.05) is 50.3 Å². The molecule has 9 nitrogen and oxygen atoms in total. The number of aliphatic hydroxyl groups is 1. The fourth-order valence-corrected chi connectivity index (χ4v) is 4.81. The number of hydrogen-bond acceptors (Lipinski definition) is 7. The van der Waals surface area contributed by atoms with Gasteiger partial charge < -0.3 is 24.6 Å². The molecule has 202 valence electrons. The summed E-state index contributed by atoms with van der Waals surface area (Å²) in [6.07, 6.45) is 2.98. The molecule has 2 aliphatic heterocycles. The minimum Gasteiger partial charge on any atom is -0.493 e. The second-order valence-electron chi connectivity index (χ2n) is 11.3. The van der Waals surface area contributed by atoms with E-state index in [4.69, 9.17) is 14.2 Å². The van der Waals surface area contributed by atoms with E-state index in [1.807, 2.05) is 31.4 Å². The van der Waals surface area contributed by atoms with E-state index in [1.165, 1.54) is 0 Å². The monoisotopic (exact) mass is 520 g/mol. The number of rotatable bonds is 7. The third kappa shape index (κ3) is 5.84. The molecule has 1 amide bonds. The van der Waals surface area contributed by atoms with Gasteiger partial charge >= 0.3 is 0 Å². The van der Waals surface area contributed by atoms with Crippen LogP contribution in [0.4, 0.5) is 0 Å². The number of ether oxygens (including phenoxy) is 3. The number of benzene rings is 2. The number of nitrogens with zero attached hydrogens (tertiary/aromatic N) is 3. The lowest BCUT2D eigenvalue weighted by Crippen LogP contribution is -2.48. The van der Waals surface area contributed by atoms with Crippen LogP contribution >= 0.6 is 0 Å². The number of hydrogen-bond donors (Lipinski definition) is 2. The lowest BCUT2D eigenvalue weighted by atomic mass is 9.94. The Morgan fingerprint density at radius 3 is 2.71 bits per heavy atom. The van der Waals surface area contributed by atoms with Gasteiger partial charge in [0.2, 0.25) is 0 Å². The van der Waals surface area contributed by atoms with E-state index in [0.717, 1.165) is 33.7 Å². The number of aromatic nitrogens is 3. The molecular weight excluding hydrogens is 484 g/mol. The number of aliphatic hydroxyl groups excluding tert-OH is 1. The molecule has 0 spiro atoms. The number of nitrogens with one attached hydrogen (secondary N) is 1. The molecule has 3 heterocycles. The zero-order chi connectivity index (χ0) is 26.9. The topological polar surface area (TPSA) is 108 Å². The summed E-state index contributed by atoms with van der Waals surface area (Å²) in [6, 6.07) is 9.71. The first kappa shape index (κ1) is 26.2. The summed E-state index contributed by atoms with van der Waals surface area (Å²) >= 11 is 0.